The van der Waals surface area contributed by atoms with Gasteiger partial charge in [0, 0.05) is 50.4 Å². The van der Waals surface area contributed by atoms with Crippen molar-refractivity contribution in [3.63, 3.8) is 0 Å². The summed E-state index contributed by atoms with van der Waals surface area (Å²) in [5.41, 5.74) is 2.45. The third-order valence-corrected chi connectivity index (χ3v) is 3.19. The molecule has 1 aromatic heterocycles. The first kappa shape index (κ1) is 15.9. The molecule has 1 rings (SSSR count). The lowest BCUT2D eigenvalue weighted by atomic mass is 10.1. The molecule has 1 heterocycles. The summed E-state index contributed by atoms with van der Waals surface area (Å²) in [4.78, 5) is 6.48. The van der Waals surface area contributed by atoms with Gasteiger partial charge in [0.2, 0.25) is 0 Å². The number of hydrogen-bond acceptors (Lipinski definition) is 4. The smallest absolute Gasteiger partial charge is 0.0663 e. The van der Waals surface area contributed by atoms with Crippen LogP contribution < -0.4 is 10.2 Å². The van der Waals surface area contributed by atoms with E-state index in [1.54, 1.807) is 7.11 Å². The van der Waals surface area contributed by atoms with Gasteiger partial charge in [-0.05, 0) is 25.5 Å². The average molecular weight is 265 g/mol. The molecule has 0 spiro atoms. The molecule has 19 heavy (non-hydrogen) atoms. The van der Waals surface area contributed by atoms with Gasteiger partial charge in [0.1, 0.15) is 0 Å². The third-order valence-electron chi connectivity index (χ3n) is 3.19. The molecule has 0 aliphatic rings. The van der Waals surface area contributed by atoms with Crippen LogP contribution in [0.1, 0.15) is 26.3 Å². The minimum atomic E-state index is 0.344. The van der Waals surface area contributed by atoms with Gasteiger partial charge in [-0.15, -0.1) is 0 Å². The van der Waals surface area contributed by atoms with Crippen molar-refractivity contribution in [1.29, 1.82) is 0 Å². The standard InChI is InChI=1S/C15H27N3O/c1-12(2)8-17-10-14-9-16-7-6-15(14)18(4)13(3)11-19-5/h6-7,9,12-13,17H,8,10-11H2,1-5H3. The van der Waals surface area contributed by atoms with E-state index in [0.29, 0.717) is 12.0 Å². The van der Waals surface area contributed by atoms with Crippen molar-refractivity contribution in [1.82, 2.24) is 10.3 Å². The molecule has 0 saturated heterocycles. The van der Waals surface area contributed by atoms with Crippen LogP contribution in [-0.4, -0.2) is 38.3 Å². The molecule has 0 aromatic carbocycles. The Balaban J connectivity index is 2.71. The predicted molar refractivity (Wildman–Crippen MR) is 80.5 cm³/mol. The van der Waals surface area contributed by atoms with Crippen LogP contribution in [0.15, 0.2) is 18.5 Å². The van der Waals surface area contributed by atoms with E-state index >= 15 is 0 Å². The highest BCUT2D eigenvalue weighted by Crippen LogP contribution is 2.20. The molecule has 0 radical (unpaired) electrons. The first-order chi connectivity index (χ1) is 9.06. The van der Waals surface area contributed by atoms with E-state index in [2.05, 4.69) is 49.1 Å². The average Bonchev–Trinajstić information content (AvgIpc) is 2.38. The Morgan fingerprint density at radius 2 is 2.11 bits per heavy atom. The lowest BCUT2D eigenvalue weighted by Gasteiger charge is -2.28. The number of likely N-dealkylation sites (N-methyl/N-ethyl adjacent to an activating group) is 1. The SMILES string of the molecule is COCC(C)N(C)c1ccncc1CNCC(C)C. The van der Waals surface area contributed by atoms with Gasteiger partial charge in [-0.1, -0.05) is 13.8 Å². The Morgan fingerprint density at radius 1 is 1.37 bits per heavy atom. The van der Waals surface area contributed by atoms with Crippen LogP contribution in [0.3, 0.4) is 0 Å². The highest BCUT2D eigenvalue weighted by atomic mass is 16.5. The van der Waals surface area contributed by atoms with Crippen molar-refractivity contribution in [2.24, 2.45) is 5.92 Å². The van der Waals surface area contributed by atoms with Crippen LogP contribution in [-0.2, 0) is 11.3 Å². The van der Waals surface area contributed by atoms with E-state index < -0.39 is 0 Å². The minimum Gasteiger partial charge on any atom is -0.383 e. The van der Waals surface area contributed by atoms with Crippen LogP contribution in [0.25, 0.3) is 0 Å². The molecular formula is C15H27N3O. The summed E-state index contributed by atoms with van der Waals surface area (Å²) >= 11 is 0. The van der Waals surface area contributed by atoms with Crippen LogP contribution >= 0.6 is 0 Å². The molecule has 0 amide bonds. The molecular weight excluding hydrogens is 238 g/mol. The second-order valence-electron chi connectivity index (χ2n) is 5.44. The van der Waals surface area contributed by atoms with Crippen LogP contribution in [0.4, 0.5) is 5.69 Å². The summed E-state index contributed by atoms with van der Waals surface area (Å²) in [6, 6.07) is 2.41. The first-order valence-corrected chi connectivity index (χ1v) is 6.91. The summed E-state index contributed by atoms with van der Waals surface area (Å²) in [5.74, 6) is 0.658. The summed E-state index contributed by atoms with van der Waals surface area (Å²) < 4.78 is 5.23. The van der Waals surface area contributed by atoms with Gasteiger partial charge in [-0.3, -0.25) is 4.98 Å². The Bertz CT molecular complexity index is 368. The highest BCUT2D eigenvalue weighted by Gasteiger charge is 2.13. The number of rotatable bonds is 8. The quantitative estimate of drug-likeness (QED) is 0.782. The van der Waals surface area contributed by atoms with Gasteiger partial charge in [-0.25, -0.2) is 0 Å². The molecule has 1 atom stereocenters. The van der Waals surface area contributed by atoms with Crippen LogP contribution in [0.2, 0.25) is 0 Å². The second-order valence-corrected chi connectivity index (χ2v) is 5.44. The van der Waals surface area contributed by atoms with Gasteiger partial charge in [0.05, 0.1) is 6.61 Å². The normalized spacial score (nSPS) is 12.7. The van der Waals surface area contributed by atoms with Gasteiger partial charge in [0.25, 0.3) is 0 Å². The number of methoxy groups -OCH3 is 1. The van der Waals surface area contributed by atoms with E-state index in [1.807, 2.05) is 12.4 Å². The van der Waals surface area contributed by atoms with Gasteiger partial charge >= 0.3 is 0 Å². The Hall–Kier alpha value is -1.13. The van der Waals surface area contributed by atoms with Crippen molar-refractivity contribution in [2.75, 3.05) is 32.2 Å². The lowest BCUT2D eigenvalue weighted by Crippen LogP contribution is -2.33. The second kappa shape index (κ2) is 8.12. The first-order valence-electron chi connectivity index (χ1n) is 6.91. The van der Waals surface area contributed by atoms with E-state index in [4.69, 9.17) is 4.74 Å². The Morgan fingerprint density at radius 3 is 2.74 bits per heavy atom. The maximum Gasteiger partial charge on any atom is 0.0663 e. The molecule has 0 fully saturated rings. The summed E-state index contributed by atoms with van der Waals surface area (Å²) in [6.45, 7) is 9.18. The fraction of sp³-hybridized carbons (Fsp3) is 0.667. The molecule has 0 saturated carbocycles. The molecule has 4 nitrogen and oxygen atoms in total. The largest absolute Gasteiger partial charge is 0.383 e. The third kappa shape index (κ3) is 5.17. The molecule has 0 bridgehead atoms. The summed E-state index contributed by atoms with van der Waals surface area (Å²) in [7, 11) is 3.84. The lowest BCUT2D eigenvalue weighted by molar-refractivity contribution is 0.183. The number of ether oxygens (including phenoxy) is 1. The fourth-order valence-corrected chi connectivity index (χ4v) is 1.99. The summed E-state index contributed by atoms with van der Waals surface area (Å²) in [6.07, 6.45) is 3.79. The monoisotopic (exact) mass is 265 g/mol. The minimum absolute atomic E-state index is 0.344. The van der Waals surface area contributed by atoms with Crippen molar-refractivity contribution in [3.8, 4) is 0 Å². The van der Waals surface area contributed by atoms with Gasteiger partial charge < -0.3 is 15.0 Å². The molecule has 1 unspecified atom stereocenters. The zero-order valence-corrected chi connectivity index (χ0v) is 12.8. The predicted octanol–water partition coefficient (Wildman–Crippen LogP) is 2.30. The number of nitrogens with zero attached hydrogens (tertiary/aromatic N) is 2. The number of hydrogen-bond donors (Lipinski definition) is 1. The molecule has 1 aromatic rings. The number of pyridine rings is 1. The molecule has 0 aliphatic carbocycles. The molecule has 108 valence electrons. The molecule has 0 aliphatic heterocycles. The van der Waals surface area contributed by atoms with E-state index in [-0.39, 0.29) is 0 Å². The zero-order chi connectivity index (χ0) is 14.3. The topological polar surface area (TPSA) is 37.4 Å². The summed E-state index contributed by atoms with van der Waals surface area (Å²) in [5, 5.41) is 3.47. The van der Waals surface area contributed by atoms with Crippen molar-refractivity contribution < 1.29 is 4.74 Å². The van der Waals surface area contributed by atoms with Crippen molar-refractivity contribution in [2.45, 2.75) is 33.4 Å². The molecule has 4 heteroatoms. The van der Waals surface area contributed by atoms with E-state index in [0.717, 1.165) is 19.7 Å². The van der Waals surface area contributed by atoms with Gasteiger partial charge in [-0.2, -0.15) is 0 Å². The molecule has 1 N–H and O–H groups in total. The maximum absolute atomic E-state index is 5.23. The number of aromatic nitrogens is 1. The fourth-order valence-electron chi connectivity index (χ4n) is 1.99. The Kier molecular flexibility index (Phi) is 6.81. The zero-order valence-electron chi connectivity index (χ0n) is 12.8. The number of nitrogens with one attached hydrogen (secondary N) is 1. The van der Waals surface area contributed by atoms with Crippen molar-refractivity contribution >= 4 is 5.69 Å². The maximum atomic E-state index is 5.23. The van der Waals surface area contributed by atoms with E-state index in [9.17, 15) is 0 Å². The van der Waals surface area contributed by atoms with Crippen LogP contribution in [0, 0.1) is 5.92 Å². The Labute approximate surface area is 117 Å². The highest BCUT2D eigenvalue weighted by molar-refractivity contribution is 5.52. The van der Waals surface area contributed by atoms with Crippen LogP contribution in [0.5, 0.6) is 0 Å². The van der Waals surface area contributed by atoms with Crippen molar-refractivity contribution in [3.05, 3.63) is 24.0 Å². The number of anilines is 1. The van der Waals surface area contributed by atoms with Gasteiger partial charge in [0.15, 0.2) is 0 Å². The van der Waals surface area contributed by atoms with E-state index in [1.165, 1.54) is 11.3 Å².